The number of rotatable bonds is 7. The van der Waals surface area contributed by atoms with Crippen LogP contribution in [-0.4, -0.2) is 38.1 Å². The van der Waals surface area contributed by atoms with E-state index in [1.54, 1.807) is 17.1 Å². The van der Waals surface area contributed by atoms with Gasteiger partial charge in [0.2, 0.25) is 0 Å². The van der Waals surface area contributed by atoms with Crippen molar-refractivity contribution in [3.8, 4) is 0 Å². The molecule has 0 fully saturated rings. The molecule has 0 N–H and O–H groups in total. The Morgan fingerprint density at radius 3 is 2.11 bits per heavy atom. The van der Waals surface area contributed by atoms with E-state index < -0.39 is 16.0 Å². The number of sulfonamides is 1. The zero-order chi connectivity index (χ0) is 20.7. The van der Waals surface area contributed by atoms with E-state index in [-0.39, 0.29) is 16.5 Å². The van der Waals surface area contributed by atoms with Gasteiger partial charge in [-0.05, 0) is 61.2 Å². The average molecular weight is 400 g/mol. The molecule has 0 saturated heterocycles. The van der Waals surface area contributed by atoms with Gasteiger partial charge in [-0.3, -0.25) is 0 Å². The number of allylic oxidation sites excluding steroid dienone is 5. The van der Waals surface area contributed by atoms with Crippen LogP contribution in [0.2, 0.25) is 0 Å². The van der Waals surface area contributed by atoms with Gasteiger partial charge >= 0.3 is 0 Å². The summed E-state index contributed by atoms with van der Waals surface area (Å²) in [6.07, 6.45) is 8.20. The first-order valence-electron chi connectivity index (χ1n) is 8.63. The van der Waals surface area contributed by atoms with Crippen LogP contribution < -0.4 is 10.2 Å². The van der Waals surface area contributed by atoms with Gasteiger partial charge in [0.05, 0.1) is 16.6 Å². The molecule has 0 amide bonds. The fourth-order valence-corrected chi connectivity index (χ4v) is 3.45. The summed E-state index contributed by atoms with van der Waals surface area (Å²) in [5, 5.41) is 22.7. The molecule has 0 bridgehead atoms. The summed E-state index contributed by atoms with van der Waals surface area (Å²) >= 11 is 0. The van der Waals surface area contributed by atoms with Crippen LogP contribution in [0.25, 0.3) is 6.08 Å². The van der Waals surface area contributed by atoms with Gasteiger partial charge in [0, 0.05) is 13.1 Å². The highest BCUT2D eigenvalue weighted by atomic mass is 32.2. The molecule has 0 spiro atoms. The Hall–Kier alpha value is -3.13. The molecule has 1 aliphatic rings. The lowest BCUT2D eigenvalue weighted by Crippen LogP contribution is -2.31. The molecule has 0 heterocycles. The van der Waals surface area contributed by atoms with Crippen LogP contribution in [0, 0.1) is 0 Å². The van der Waals surface area contributed by atoms with Crippen LogP contribution in [0.5, 0.6) is 0 Å². The van der Waals surface area contributed by atoms with E-state index in [0.29, 0.717) is 24.2 Å². The normalized spacial score (nSPS) is 13.8. The van der Waals surface area contributed by atoms with Crippen LogP contribution in [0.15, 0.2) is 75.4 Å². The second-order valence-electron chi connectivity index (χ2n) is 5.81. The molecule has 0 atom stereocenters. The first-order valence-corrected chi connectivity index (χ1v) is 10.1. The van der Waals surface area contributed by atoms with E-state index >= 15 is 0 Å². The maximum atomic E-state index is 12.4. The summed E-state index contributed by atoms with van der Waals surface area (Å²) in [6.45, 7) is 4.95. The van der Waals surface area contributed by atoms with E-state index in [9.17, 15) is 23.4 Å². The second kappa shape index (κ2) is 9.18. The van der Waals surface area contributed by atoms with Crippen molar-refractivity contribution in [2.75, 3.05) is 13.1 Å². The smallest absolute Gasteiger partial charge is 0.282 e. The van der Waals surface area contributed by atoms with Crippen molar-refractivity contribution >= 4 is 27.8 Å². The molecule has 0 aromatic heterocycles. The monoisotopic (exact) mass is 400 g/mol. The van der Waals surface area contributed by atoms with Gasteiger partial charge in [0.1, 0.15) is 0 Å². The molecular formula is C20H20N2O5S-2. The molecule has 8 heteroatoms. The van der Waals surface area contributed by atoms with Gasteiger partial charge in [-0.2, -0.15) is 12.8 Å². The van der Waals surface area contributed by atoms with Gasteiger partial charge in [0.15, 0.2) is 0 Å². The number of carbonyl (C=O) groups is 1. The minimum absolute atomic E-state index is 0.0265. The quantitative estimate of drug-likeness (QED) is 0.490. The van der Waals surface area contributed by atoms with Gasteiger partial charge in [0.25, 0.3) is 10.0 Å². The van der Waals surface area contributed by atoms with Crippen LogP contribution in [0.1, 0.15) is 19.4 Å². The standard InChI is InChI=1S/C20H22N2O5S/c1-3-22(4-2)20(25)16-8-10-17(11-9-16)21-28(26,27)18-12-5-15(6-13-18)7-14-19(23)24/h5-14,25H,3-4H2,1-2H3,(H,23,24)/p-2/b14-7+,20-16?,21-17?. The van der Waals surface area contributed by atoms with Gasteiger partial charge in [-0.15, -0.1) is 0 Å². The third kappa shape index (κ3) is 5.43. The SMILES string of the molecule is CCN(CC)C([O-])=C1C=CC(=NS(=O)(=O)c2ccc(/C=C/C(=O)[O-])cc2)C=C1. The molecule has 0 saturated carbocycles. The molecule has 0 unspecified atom stereocenters. The van der Waals surface area contributed by atoms with Crippen LogP contribution in [0.3, 0.4) is 0 Å². The Bertz CT molecular complexity index is 962. The molecule has 1 aromatic rings. The van der Waals surface area contributed by atoms with Crippen molar-refractivity contribution in [3.05, 3.63) is 71.7 Å². The van der Waals surface area contributed by atoms with Crippen LogP contribution >= 0.6 is 0 Å². The Morgan fingerprint density at radius 1 is 1.04 bits per heavy atom. The van der Waals surface area contributed by atoms with Crippen molar-refractivity contribution in [2.24, 2.45) is 4.40 Å². The fourth-order valence-electron chi connectivity index (χ4n) is 2.46. The Kier molecular flexibility index (Phi) is 6.94. The summed E-state index contributed by atoms with van der Waals surface area (Å²) in [5.74, 6) is -1.46. The van der Waals surface area contributed by atoms with Crippen molar-refractivity contribution in [1.82, 2.24) is 4.90 Å². The first kappa shape index (κ1) is 21.2. The minimum atomic E-state index is -3.94. The number of aliphatic carboxylic acids is 1. The predicted octanol–water partition coefficient (Wildman–Crippen LogP) is 0.619. The average Bonchev–Trinajstić information content (AvgIpc) is 2.68. The van der Waals surface area contributed by atoms with Gasteiger partial charge < -0.3 is 19.9 Å². The van der Waals surface area contributed by atoms with Gasteiger partial charge in [-0.25, -0.2) is 0 Å². The summed E-state index contributed by atoms with van der Waals surface area (Å²) in [6, 6.07) is 5.61. The summed E-state index contributed by atoms with van der Waals surface area (Å²) < 4.78 is 28.6. The van der Waals surface area contributed by atoms with Crippen molar-refractivity contribution in [2.45, 2.75) is 18.7 Å². The van der Waals surface area contributed by atoms with Crippen molar-refractivity contribution in [1.29, 1.82) is 0 Å². The number of hydrogen-bond acceptors (Lipinski definition) is 6. The fraction of sp³-hybridized carbons (Fsp3) is 0.200. The van der Waals surface area contributed by atoms with E-state index in [4.69, 9.17) is 0 Å². The Morgan fingerprint density at radius 2 is 1.61 bits per heavy atom. The largest absolute Gasteiger partial charge is 0.860 e. The van der Waals surface area contributed by atoms with E-state index in [2.05, 4.69) is 4.40 Å². The lowest BCUT2D eigenvalue weighted by molar-refractivity contribution is -0.333. The number of carboxylic acids is 1. The first-order chi connectivity index (χ1) is 13.3. The lowest BCUT2D eigenvalue weighted by Gasteiger charge is -2.30. The maximum Gasteiger partial charge on any atom is 0.282 e. The summed E-state index contributed by atoms with van der Waals surface area (Å²) in [4.78, 5) is 12.0. The molecule has 2 rings (SSSR count). The zero-order valence-electron chi connectivity index (χ0n) is 15.5. The van der Waals surface area contributed by atoms with E-state index in [1.807, 2.05) is 13.8 Å². The number of benzene rings is 1. The molecule has 1 aromatic carbocycles. The molecule has 1 aliphatic carbocycles. The van der Waals surface area contributed by atoms with E-state index in [0.717, 1.165) is 6.08 Å². The highest BCUT2D eigenvalue weighted by molar-refractivity contribution is 7.90. The molecule has 0 aliphatic heterocycles. The topological polar surface area (TPSA) is 113 Å². The predicted molar refractivity (Wildman–Crippen MR) is 103 cm³/mol. The van der Waals surface area contributed by atoms with Crippen molar-refractivity contribution < 1.29 is 23.4 Å². The lowest BCUT2D eigenvalue weighted by atomic mass is 10.1. The van der Waals surface area contributed by atoms with Crippen molar-refractivity contribution in [3.63, 3.8) is 0 Å². The zero-order valence-corrected chi connectivity index (χ0v) is 16.3. The van der Waals surface area contributed by atoms with Crippen LogP contribution in [-0.2, 0) is 14.8 Å². The summed E-state index contributed by atoms with van der Waals surface area (Å²) in [7, 11) is -3.94. The highest BCUT2D eigenvalue weighted by Crippen LogP contribution is 2.17. The molecule has 28 heavy (non-hydrogen) atoms. The molecule has 148 valence electrons. The number of carbonyl (C=O) groups excluding carboxylic acids is 1. The third-order valence-corrected chi connectivity index (χ3v) is 5.30. The highest BCUT2D eigenvalue weighted by Gasteiger charge is 2.13. The molecular weight excluding hydrogens is 380 g/mol. The third-order valence-electron chi connectivity index (χ3n) is 3.98. The molecule has 7 nitrogen and oxygen atoms in total. The van der Waals surface area contributed by atoms with E-state index in [1.165, 1.54) is 42.5 Å². The maximum absolute atomic E-state index is 12.4. The summed E-state index contributed by atoms with van der Waals surface area (Å²) in [5.41, 5.74) is 1.18. The number of carboxylic acid groups (broad SMARTS) is 1. The second-order valence-corrected chi connectivity index (χ2v) is 7.42. The van der Waals surface area contributed by atoms with Gasteiger partial charge in [-0.1, -0.05) is 30.4 Å². The Balaban J connectivity index is 2.21. The number of nitrogens with zero attached hydrogens (tertiary/aromatic N) is 2. The van der Waals surface area contributed by atoms with Crippen LogP contribution in [0.4, 0.5) is 0 Å². The Labute approximate surface area is 164 Å². The number of hydrogen-bond donors (Lipinski definition) is 0. The molecule has 0 radical (unpaired) electrons. The minimum Gasteiger partial charge on any atom is -0.860 e.